The van der Waals surface area contributed by atoms with Gasteiger partial charge in [-0.1, -0.05) is 41.4 Å². The summed E-state index contributed by atoms with van der Waals surface area (Å²) in [6.45, 7) is 3.23. The quantitative estimate of drug-likeness (QED) is 0.770. The van der Waals surface area contributed by atoms with E-state index in [-0.39, 0.29) is 23.0 Å². The van der Waals surface area contributed by atoms with E-state index in [4.69, 9.17) is 16.3 Å². The van der Waals surface area contributed by atoms with Gasteiger partial charge in [-0.2, -0.15) is 0 Å². The normalized spacial score (nSPS) is 11.4. The molecule has 1 atom stereocenters. The van der Waals surface area contributed by atoms with Crippen LogP contribution in [0.4, 0.5) is 5.69 Å². The van der Waals surface area contributed by atoms with Crippen molar-refractivity contribution in [1.29, 1.82) is 0 Å². The van der Waals surface area contributed by atoms with Crippen molar-refractivity contribution in [2.75, 3.05) is 18.9 Å². The molecule has 2 rings (SSSR count). The van der Waals surface area contributed by atoms with Gasteiger partial charge in [0, 0.05) is 12.7 Å². The predicted octanol–water partition coefficient (Wildman–Crippen LogP) is 3.29. The van der Waals surface area contributed by atoms with Gasteiger partial charge in [-0.15, -0.1) is 0 Å². The molecule has 7 heteroatoms. The number of nitrogens with zero attached hydrogens (tertiary/aromatic N) is 1. The van der Waals surface area contributed by atoms with Crippen molar-refractivity contribution < 1.29 is 19.1 Å². The molecule has 2 amide bonds. The van der Waals surface area contributed by atoms with Gasteiger partial charge in [-0.25, -0.2) is 4.79 Å². The zero-order valence-corrected chi connectivity index (χ0v) is 16.1. The monoisotopic (exact) mass is 388 g/mol. The predicted molar refractivity (Wildman–Crippen MR) is 104 cm³/mol. The highest BCUT2D eigenvalue weighted by molar-refractivity contribution is 6.33. The van der Waals surface area contributed by atoms with Gasteiger partial charge in [0.1, 0.15) is 0 Å². The van der Waals surface area contributed by atoms with Gasteiger partial charge < -0.3 is 15.0 Å². The first kappa shape index (κ1) is 20.5. The molecular formula is C20H21ClN2O4. The van der Waals surface area contributed by atoms with Crippen LogP contribution in [0.2, 0.25) is 5.02 Å². The number of anilines is 1. The second-order valence-corrected chi connectivity index (χ2v) is 6.54. The third kappa shape index (κ3) is 5.82. The van der Waals surface area contributed by atoms with E-state index in [1.54, 1.807) is 30.3 Å². The Kier molecular flexibility index (Phi) is 6.96. The molecule has 0 fully saturated rings. The standard InChI is InChI=1S/C20H21ClN2O4/c1-13-8-10-15(11-9-13)22-18(24)12-23(3)19(25)14(2)27-20(26)16-6-4-5-7-17(16)21/h4-11,14H,12H2,1-3H3,(H,22,24)/t14-/m0/s1. The van der Waals surface area contributed by atoms with Gasteiger partial charge in [-0.3, -0.25) is 9.59 Å². The van der Waals surface area contributed by atoms with Gasteiger partial charge in [0.15, 0.2) is 6.10 Å². The number of hydrogen-bond acceptors (Lipinski definition) is 4. The molecule has 0 heterocycles. The molecule has 0 aliphatic carbocycles. The average molecular weight is 389 g/mol. The summed E-state index contributed by atoms with van der Waals surface area (Å²) < 4.78 is 5.17. The van der Waals surface area contributed by atoms with Gasteiger partial charge in [0.2, 0.25) is 5.91 Å². The number of aryl methyl sites for hydroxylation is 1. The molecule has 0 bridgehead atoms. The van der Waals surface area contributed by atoms with Crippen LogP contribution in [0.15, 0.2) is 48.5 Å². The summed E-state index contributed by atoms with van der Waals surface area (Å²) in [6, 6.07) is 13.7. The van der Waals surface area contributed by atoms with E-state index in [1.807, 2.05) is 19.1 Å². The number of rotatable bonds is 6. The van der Waals surface area contributed by atoms with Gasteiger partial charge in [0.25, 0.3) is 5.91 Å². The topological polar surface area (TPSA) is 75.7 Å². The summed E-state index contributed by atoms with van der Waals surface area (Å²) in [5.41, 5.74) is 1.90. The minimum atomic E-state index is -1.05. The van der Waals surface area contributed by atoms with Crippen molar-refractivity contribution in [3.8, 4) is 0 Å². The minimum Gasteiger partial charge on any atom is -0.449 e. The molecular weight excluding hydrogens is 368 g/mol. The molecule has 142 valence electrons. The molecule has 0 aromatic heterocycles. The Bertz CT molecular complexity index is 836. The second-order valence-electron chi connectivity index (χ2n) is 6.14. The van der Waals surface area contributed by atoms with Crippen molar-refractivity contribution >= 4 is 35.1 Å². The van der Waals surface area contributed by atoms with E-state index in [2.05, 4.69) is 5.32 Å². The van der Waals surface area contributed by atoms with Crippen LogP contribution < -0.4 is 5.32 Å². The highest BCUT2D eigenvalue weighted by Crippen LogP contribution is 2.17. The Labute approximate surface area is 163 Å². The number of carbonyl (C=O) groups is 3. The molecule has 6 nitrogen and oxygen atoms in total. The Morgan fingerprint density at radius 3 is 2.37 bits per heavy atom. The summed E-state index contributed by atoms with van der Waals surface area (Å²) in [5, 5.41) is 2.95. The zero-order valence-electron chi connectivity index (χ0n) is 15.4. The Balaban J connectivity index is 1.89. The number of nitrogens with one attached hydrogen (secondary N) is 1. The van der Waals surface area contributed by atoms with Crippen LogP contribution in [-0.4, -0.2) is 42.4 Å². The first-order chi connectivity index (χ1) is 12.8. The summed E-state index contributed by atoms with van der Waals surface area (Å²) in [6.07, 6.45) is -1.05. The SMILES string of the molecule is Cc1ccc(NC(=O)CN(C)C(=O)[C@H](C)OC(=O)c2ccccc2Cl)cc1. The minimum absolute atomic E-state index is 0.166. The maximum atomic E-state index is 12.4. The van der Waals surface area contributed by atoms with Crippen LogP contribution in [0.1, 0.15) is 22.8 Å². The molecule has 2 aromatic carbocycles. The number of ether oxygens (including phenoxy) is 1. The first-order valence-corrected chi connectivity index (χ1v) is 8.72. The van der Waals surface area contributed by atoms with E-state index < -0.39 is 18.0 Å². The van der Waals surface area contributed by atoms with Crippen molar-refractivity contribution in [3.05, 3.63) is 64.7 Å². The molecule has 2 aromatic rings. The van der Waals surface area contributed by atoms with Crippen LogP contribution >= 0.6 is 11.6 Å². The smallest absolute Gasteiger partial charge is 0.340 e. The summed E-state index contributed by atoms with van der Waals surface area (Å²) in [4.78, 5) is 37.8. The number of esters is 1. The van der Waals surface area contributed by atoms with Gasteiger partial charge in [0.05, 0.1) is 17.1 Å². The summed E-state index contributed by atoms with van der Waals surface area (Å²) in [7, 11) is 1.47. The number of amides is 2. The molecule has 27 heavy (non-hydrogen) atoms. The van der Waals surface area contributed by atoms with Crippen LogP contribution in [0, 0.1) is 6.92 Å². The summed E-state index contributed by atoms with van der Waals surface area (Å²) in [5.74, 6) is -1.53. The number of hydrogen-bond donors (Lipinski definition) is 1. The van der Waals surface area contributed by atoms with E-state index >= 15 is 0 Å². The van der Waals surface area contributed by atoms with Crippen LogP contribution in [0.3, 0.4) is 0 Å². The van der Waals surface area contributed by atoms with E-state index in [0.717, 1.165) is 5.56 Å². The lowest BCUT2D eigenvalue weighted by Crippen LogP contribution is -2.41. The fourth-order valence-corrected chi connectivity index (χ4v) is 2.56. The largest absolute Gasteiger partial charge is 0.449 e. The average Bonchev–Trinajstić information content (AvgIpc) is 2.63. The lowest BCUT2D eigenvalue weighted by molar-refractivity contribution is -0.140. The maximum Gasteiger partial charge on any atom is 0.340 e. The molecule has 0 radical (unpaired) electrons. The highest BCUT2D eigenvalue weighted by Gasteiger charge is 2.24. The molecule has 0 spiro atoms. The van der Waals surface area contributed by atoms with Crippen LogP contribution in [0.5, 0.6) is 0 Å². The molecule has 0 saturated carbocycles. The zero-order chi connectivity index (χ0) is 20.0. The second kappa shape index (κ2) is 9.19. The van der Waals surface area contributed by atoms with Crippen molar-refractivity contribution in [2.24, 2.45) is 0 Å². The molecule has 0 saturated heterocycles. The third-order valence-corrected chi connectivity index (χ3v) is 4.15. The van der Waals surface area contributed by atoms with Crippen molar-refractivity contribution in [1.82, 2.24) is 4.90 Å². The van der Waals surface area contributed by atoms with Crippen molar-refractivity contribution in [2.45, 2.75) is 20.0 Å². The maximum absolute atomic E-state index is 12.4. The molecule has 0 unspecified atom stereocenters. The number of carbonyl (C=O) groups excluding carboxylic acids is 3. The number of likely N-dealkylation sites (N-methyl/N-ethyl adjacent to an activating group) is 1. The Hall–Kier alpha value is -2.86. The number of halogens is 1. The van der Waals surface area contributed by atoms with Crippen LogP contribution in [-0.2, 0) is 14.3 Å². The lowest BCUT2D eigenvalue weighted by atomic mass is 10.2. The lowest BCUT2D eigenvalue weighted by Gasteiger charge is -2.21. The van der Waals surface area contributed by atoms with E-state index in [1.165, 1.54) is 24.9 Å². The highest BCUT2D eigenvalue weighted by atomic mass is 35.5. The number of benzene rings is 2. The van der Waals surface area contributed by atoms with Gasteiger partial charge in [-0.05, 0) is 38.1 Å². The van der Waals surface area contributed by atoms with Crippen molar-refractivity contribution in [3.63, 3.8) is 0 Å². The Morgan fingerprint density at radius 2 is 1.74 bits per heavy atom. The van der Waals surface area contributed by atoms with E-state index in [0.29, 0.717) is 5.69 Å². The third-order valence-electron chi connectivity index (χ3n) is 3.82. The van der Waals surface area contributed by atoms with Gasteiger partial charge >= 0.3 is 5.97 Å². The Morgan fingerprint density at radius 1 is 1.11 bits per heavy atom. The fourth-order valence-electron chi connectivity index (χ4n) is 2.34. The molecule has 0 aliphatic heterocycles. The molecule has 1 N–H and O–H groups in total. The van der Waals surface area contributed by atoms with Crippen LogP contribution in [0.25, 0.3) is 0 Å². The molecule has 0 aliphatic rings. The summed E-state index contributed by atoms with van der Waals surface area (Å²) >= 11 is 5.95. The first-order valence-electron chi connectivity index (χ1n) is 8.35. The van der Waals surface area contributed by atoms with E-state index in [9.17, 15) is 14.4 Å². The fraction of sp³-hybridized carbons (Fsp3) is 0.250.